The first-order valence-corrected chi connectivity index (χ1v) is 6.06. The molecule has 0 spiro atoms. The monoisotopic (exact) mass is 231 g/mol. The summed E-state index contributed by atoms with van der Waals surface area (Å²) in [6, 6.07) is 5.96. The normalized spacial score (nSPS) is 16.8. The average Bonchev–Trinajstić information content (AvgIpc) is 2.40. The smallest absolute Gasteiger partial charge is 0.163 e. The third-order valence-corrected chi connectivity index (χ3v) is 3.38. The van der Waals surface area contributed by atoms with Crippen molar-refractivity contribution in [1.29, 1.82) is 5.26 Å². The average molecular weight is 231 g/mol. The maximum Gasteiger partial charge on any atom is 0.163 e. The van der Waals surface area contributed by atoms with Crippen LogP contribution in [-0.2, 0) is 0 Å². The second kappa shape index (κ2) is 5.65. The Morgan fingerprint density at radius 3 is 2.88 bits per heavy atom. The van der Waals surface area contributed by atoms with Crippen LogP contribution in [0.4, 0.5) is 5.69 Å². The second-order valence-electron chi connectivity index (χ2n) is 4.43. The molecule has 1 N–H and O–H groups in total. The number of aromatic nitrogens is 1. The van der Waals surface area contributed by atoms with E-state index in [-0.39, 0.29) is 6.61 Å². The van der Waals surface area contributed by atoms with Crippen molar-refractivity contribution in [1.82, 2.24) is 4.98 Å². The molecule has 1 aliphatic heterocycles. The van der Waals surface area contributed by atoms with Crippen molar-refractivity contribution in [3.8, 4) is 6.07 Å². The highest BCUT2D eigenvalue weighted by atomic mass is 16.3. The Labute approximate surface area is 102 Å². The lowest BCUT2D eigenvalue weighted by atomic mass is 9.93. The van der Waals surface area contributed by atoms with E-state index in [1.807, 2.05) is 12.1 Å². The summed E-state index contributed by atoms with van der Waals surface area (Å²) in [6.07, 6.45) is 4.72. The highest BCUT2D eigenvalue weighted by molar-refractivity contribution is 5.55. The largest absolute Gasteiger partial charge is 0.396 e. The van der Waals surface area contributed by atoms with Gasteiger partial charge < -0.3 is 10.0 Å². The molecule has 2 heterocycles. The minimum Gasteiger partial charge on any atom is -0.396 e. The lowest BCUT2D eigenvalue weighted by molar-refractivity contribution is 0.240. The van der Waals surface area contributed by atoms with Crippen LogP contribution in [0.15, 0.2) is 18.3 Å². The van der Waals surface area contributed by atoms with Crippen LogP contribution in [0.5, 0.6) is 0 Å². The molecule has 1 aromatic heterocycles. The van der Waals surface area contributed by atoms with Crippen LogP contribution < -0.4 is 4.90 Å². The molecule has 2 rings (SSSR count). The number of nitrogens with zero attached hydrogens (tertiary/aromatic N) is 3. The van der Waals surface area contributed by atoms with Gasteiger partial charge in [0.25, 0.3) is 0 Å². The lowest BCUT2D eigenvalue weighted by Crippen LogP contribution is -2.34. The van der Waals surface area contributed by atoms with E-state index in [0.717, 1.165) is 38.0 Å². The Kier molecular flexibility index (Phi) is 3.94. The van der Waals surface area contributed by atoms with Gasteiger partial charge in [-0.1, -0.05) is 0 Å². The zero-order valence-electron chi connectivity index (χ0n) is 9.84. The quantitative estimate of drug-likeness (QED) is 0.857. The zero-order chi connectivity index (χ0) is 12.1. The number of aliphatic hydroxyl groups is 1. The fraction of sp³-hybridized carbons (Fsp3) is 0.538. The molecule has 0 atom stereocenters. The molecule has 1 aliphatic rings. The van der Waals surface area contributed by atoms with E-state index in [1.54, 1.807) is 6.20 Å². The Hall–Kier alpha value is -1.60. The van der Waals surface area contributed by atoms with E-state index in [9.17, 15) is 0 Å². The second-order valence-corrected chi connectivity index (χ2v) is 4.43. The Morgan fingerprint density at radius 2 is 2.24 bits per heavy atom. The van der Waals surface area contributed by atoms with Crippen molar-refractivity contribution in [3.63, 3.8) is 0 Å². The first kappa shape index (κ1) is 11.9. The van der Waals surface area contributed by atoms with Crippen molar-refractivity contribution >= 4 is 5.69 Å². The van der Waals surface area contributed by atoms with Crippen LogP contribution in [0.2, 0.25) is 0 Å². The fourth-order valence-corrected chi connectivity index (χ4v) is 2.38. The lowest BCUT2D eigenvalue weighted by Gasteiger charge is -2.33. The summed E-state index contributed by atoms with van der Waals surface area (Å²) in [7, 11) is 0. The number of hydrogen-bond donors (Lipinski definition) is 1. The van der Waals surface area contributed by atoms with Gasteiger partial charge in [0, 0.05) is 25.9 Å². The van der Waals surface area contributed by atoms with Crippen LogP contribution in [0.3, 0.4) is 0 Å². The van der Waals surface area contributed by atoms with E-state index in [2.05, 4.69) is 16.0 Å². The molecule has 0 bridgehead atoms. The summed E-state index contributed by atoms with van der Waals surface area (Å²) in [5, 5.41) is 17.9. The van der Waals surface area contributed by atoms with Crippen LogP contribution in [0.1, 0.15) is 25.0 Å². The van der Waals surface area contributed by atoms with E-state index in [1.165, 1.54) is 0 Å². The number of nitriles is 1. The van der Waals surface area contributed by atoms with E-state index in [0.29, 0.717) is 11.6 Å². The molecule has 4 nitrogen and oxygen atoms in total. The summed E-state index contributed by atoms with van der Waals surface area (Å²) >= 11 is 0. The number of hydrogen-bond acceptors (Lipinski definition) is 4. The van der Waals surface area contributed by atoms with E-state index < -0.39 is 0 Å². The van der Waals surface area contributed by atoms with Gasteiger partial charge in [-0.3, -0.25) is 0 Å². The van der Waals surface area contributed by atoms with Crippen molar-refractivity contribution in [2.24, 2.45) is 5.92 Å². The summed E-state index contributed by atoms with van der Waals surface area (Å²) in [4.78, 5) is 6.31. The third kappa shape index (κ3) is 2.75. The number of anilines is 1. The van der Waals surface area contributed by atoms with Gasteiger partial charge in [-0.2, -0.15) is 5.26 Å². The highest BCUT2D eigenvalue weighted by Crippen LogP contribution is 2.26. The van der Waals surface area contributed by atoms with Crippen molar-refractivity contribution in [3.05, 3.63) is 24.0 Å². The Morgan fingerprint density at radius 1 is 1.47 bits per heavy atom. The Bertz CT molecular complexity index is 405. The van der Waals surface area contributed by atoms with Crippen molar-refractivity contribution in [2.45, 2.75) is 19.3 Å². The van der Waals surface area contributed by atoms with Crippen molar-refractivity contribution in [2.75, 3.05) is 24.6 Å². The van der Waals surface area contributed by atoms with Gasteiger partial charge in [0.05, 0.1) is 5.69 Å². The van der Waals surface area contributed by atoms with E-state index >= 15 is 0 Å². The molecule has 90 valence electrons. The summed E-state index contributed by atoms with van der Waals surface area (Å²) in [5.74, 6) is 0.624. The molecule has 0 unspecified atom stereocenters. The van der Waals surface area contributed by atoms with Gasteiger partial charge in [-0.15, -0.1) is 0 Å². The standard InChI is InChI=1S/C13H17N3O/c14-10-12-13(2-1-6-15-12)16-7-3-11(4-8-16)5-9-17/h1-2,6,11,17H,3-5,7-9H2. The summed E-state index contributed by atoms with van der Waals surface area (Å²) in [5.41, 5.74) is 1.45. The molecule has 1 aromatic rings. The molecule has 0 aliphatic carbocycles. The van der Waals surface area contributed by atoms with Gasteiger partial charge in [-0.05, 0) is 37.3 Å². The molecular weight excluding hydrogens is 214 g/mol. The first-order chi connectivity index (χ1) is 8.35. The summed E-state index contributed by atoms with van der Waals surface area (Å²) in [6.45, 7) is 2.18. The van der Waals surface area contributed by atoms with Crippen LogP contribution in [-0.4, -0.2) is 29.8 Å². The maximum atomic E-state index is 9.01. The first-order valence-electron chi connectivity index (χ1n) is 6.06. The van der Waals surface area contributed by atoms with Gasteiger partial charge in [-0.25, -0.2) is 4.98 Å². The molecule has 17 heavy (non-hydrogen) atoms. The molecule has 0 aromatic carbocycles. The van der Waals surface area contributed by atoms with Gasteiger partial charge in [0.2, 0.25) is 0 Å². The topological polar surface area (TPSA) is 60.2 Å². The van der Waals surface area contributed by atoms with Crippen molar-refractivity contribution < 1.29 is 5.11 Å². The Balaban J connectivity index is 2.03. The maximum absolute atomic E-state index is 9.01. The number of pyridine rings is 1. The molecule has 0 saturated carbocycles. The predicted molar refractivity (Wildman–Crippen MR) is 65.6 cm³/mol. The molecule has 4 heteroatoms. The van der Waals surface area contributed by atoms with Gasteiger partial charge in [0.1, 0.15) is 6.07 Å². The van der Waals surface area contributed by atoms with E-state index in [4.69, 9.17) is 10.4 Å². The number of rotatable bonds is 3. The van der Waals surface area contributed by atoms with Crippen LogP contribution in [0, 0.1) is 17.2 Å². The third-order valence-electron chi connectivity index (χ3n) is 3.38. The van der Waals surface area contributed by atoms with Gasteiger partial charge >= 0.3 is 0 Å². The molecule has 0 amide bonds. The SMILES string of the molecule is N#Cc1ncccc1N1CCC(CCO)CC1. The molecular formula is C13H17N3O. The van der Waals surface area contributed by atoms with Crippen LogP contribution in [0.25, 0.3) is 0 Å². The van der Waals surface area contributed by atoms with Crippen LogP contribution >= 0.6 is 0 Å². The number of aliphatic hydroxyl groups excluding tert-OH is 1. The van der Waals surface area contributed by atoms with Gasteiger partial charge in [0.15, 0.2) is 5.69 Å². The molecule has 0 radical (unpaired) electrons. The fourth-order valence-electron chi connectivity index (χ4n) is 2.38. The highest BCUT2D eigenvalue weighted by Gasteiger charge is 2.20. The minimum absolute atomic E-state index is 0.279. The molecule has 1 saturated heterocycles. The number of piperidine rings is 1. The minimum atomic E-state index is 0.279. The predicted octanol–water partition coefficient (Wildman–Crippen LogP) is 1.55. The summed E-state index contributed by atoms with van der Waals surface area (Å²) < 4.78 is 0. The molecule has 1 fully saturated rings. The zero-order valence-corrected chi connectivity index (χ0v) is 9.84.